The maximum absolute atomic E-state index is 9.15. The molecule has 3 fully saturated rings. The van der Waals surface area contributed by atoms with Crippen LogP contribution >= 0.6 is 0 Å². The van der Waals surface area contributed by atoms with E-state index in [4.69, 9.17) is 5.21 Å². The predicted molar refractivity (Wildman–Crippen MR) is 59.3 cm³/mol. The highest BCUT2D eigenvalue weighted by atomic mass is 16.4. The van der Waals surface area contributed by atoms with Crippen LogP contribution in [0, 0.1) is 11.8 Å². The second-order valence-corrected chi connectivity index (χ2v) is 5.34. The zero-order valence-corrected chi connectivity index (χ0v) is 9.23. The first-order valence-electron chi connectivity index (χ1n) is 6.36. The van der Waals surface area contributed by atoms with Gasteiger partial charge in [-0.2, -0.15) is 0 Å². The number of hydrogen-bond donors (Lipinski definition) is 1. The van der Waals surface area contributed by atoms with E-state index in [1.807, 2.05) is 0 Å². The largest absolute Gasteiger partial charge is 0.411 e. The van der Waals surface area contributed by atoms with Crippen LogP contribution in [-0.2, 0) is 0 Å². The number of likely N-dealkylation sites (tertiary alicyclic amines) is 1. The molecule has 0 aromatic carbocycles. The maximum Gasteiger partial charge on any atom is 0.0775 e. The third-order valence-electron chi connectivity index (χ3n) is 4.54. The van der Waals surface area contributed by atoms with Crippen LogP contribution < -0.4 is 0 Å². The molecule has 1 N–H and O–H groups in total. The highest BCUT2D eigenvalue weighted by molar-refractivity contribution is 5.94. The Morgan fingerprint density at radius 3 is 2.67 bits per heavy atom. The Labute approximate surface area is 91.1 Å². The Morgan fingerprint density at radius 1 is 1.13 bits per heavy atom. The Kier molecular flexibility index (Phi) is 2.43. The molecular formula is C12H20N2O. The number of fused-ring (bicyclic) bond motifs is 2. The highest BCUT2D eigenvalue weighted by Gasteiger charge is 2.47. The Hall–Kier alpha value is -0.570. The standard InChI is InChI=1S/C12H20N2O/c15-13-11-9-4-5-10(8-9)12(11)14-6-2-1-3-7-14/h9-10,12,15H,1-8H2/b13-11-/t9-,10+,12+/m0/s1. The molecule has 3 atom stereocenters. The molecule has 3 aliphatic rings. The highest BCUT2D eigenvalue weighted by Crippen LogP contribution is 2.45. The SMILES string of the molecule is O/N=C1/[C@H]2CC[C@H](C2)[C@H]1N1CCCCC1. The lowest BCUT2D eigenvalue weighted by molar-refractivity contribution is 0.162. The molecule has 0 spiro atoms. The van der Waals surface area contributed by atoms with Crippen molar-refractivity contribution in [3.63, 3.8) is 0 Å². The summed E-state index contributed by atoms with van der Waals surface area (Å²) in [7, 11) is 0. The molecule has 3 heteroatoms. The van der Waals surface area contributed by atoms with Crippen molar-refractivity contribution in [2.24, 2.45) is 17.0 Å². The van der Waals surface area contributed by atoms with Gasteiger partial charge in [0.25, 0.3) is 0 Å². The van der Waals surface area contributed by atoms with E-state index >= 15 is 0 Å². The van der Waals surface area contributed by atoms with Gasteiger partial charge in [-0.25, -0.2) is 0 Å². The summed E-state index contributed by atoms with van der Waals surface area (Å²) in [6.45, 7) is 2.43. The van der Waals surface area contributed by atoms with Gasteiger partial charge >= 0.3 is 0 Å². The Morgan fingerprint density at radius 2 is 1.93 bits per heavy atom. The van der Waals surface area contributed by atoms with Crippen molar-refractivity contribution in [1.82, 2.24) is 4.90 Å². The number of oxime groups is 1. The molecule has 84 valence electrons. The van der Waals surface area contributed by atoms with Gasteiger partial charge in [-0.3, -0.25) is 4.90 Å². The third kappa shape index (κ3) is 1.48. The molecule has 1 aliphatic heterocycles. The van der Waals surface area contributed by atoms with Gasteiger partial charge < -0.3 is 5.21 Å². The van der Waals surface area contributed by atoms with Crippen LogP contribution in [0.4, 0.5) is 0 Å². The molecule has 2 bridgehead atoms. The third-order valence-corrected chi connectivity index (χ3v) is 4.54. The van der Waals surface area contributed by atoms with Crippen molar-refractivity contribution in [3.8, 4) is 0 Å². The van der Waals surface area contributed by atoms with Gasteiger partial charge in [-0.15, -0.1) is 0 Å². The van der Waals surface area contributed by atoms with Crippen LogP contribution in [0.2, 0.25) is 0 Å². The van der Waals surface area contributed by atoms with E-state index in [0.29, 0.717) is 12.0 Å². The molecule has 0 unspecified atom stereocenters. The van der Waals surface area contributed by atoms with E-state index in [2.05, 4.69) is 10.1 Å². The summed E-state index contributed by atoms with van der Waals surface area (Å²) >= 11 is 0. The van der Waals surface area contributed by atoms with Crippen molar-refractivity contribution < 1.29 is 5.21 Å². The van der Waals surface area contributed by atoms with Crippen molar-refractivity contribution >= 4 is 5.71 Å². The summed E-state index contributed by atoms with van der Waals surface area (Å²) in [5.41, 5.74) is 1.10. The van der Waals surface area contributed by atoms with Gasteiger partial charge in [0.15, 0.2) is 0 Å². The van der Waals surface area contributed by atoms with Crippen molar-refractivity contribution in [1.29, 1.82) is 0 Å². The fourth-order valence-corrected chi connectivity index (χ4v) is 3.88. The van der Waals surface area contributed by atoms with Gasteiger partial charge in [0.2, 0.25) is 0 Å². The fourth-order valence-electron chi connectivity index (χ4n) is 3.88. The summed E-state index contributed by atoms with van der Waals surface area (Å²) in [6.07, 6.45) is 7.92. The molecule has 3 nitrogen and oxygen atoms in total. The first kappa shape index (κ1) is 9.64. The van der Waals surface area contributed by atoms with Gasteiger partial charge in [-0.1, -0.05) is 11.6 Å². The zero-order chi connectivity index (χ0) is 10.3. The topological polar surface area (TPSA) is 35.8 Å². The van der Waals surface area contributed by atoms with Crippen molar-refractivity contribution in [2.75, 3.05) is 13.1 Å². The molecule has 3 rings (SSSR count). The molecule has 1 heterocycles. The minimum Gasteiger partial charge on any atom is -0.411 e. The summed E-state index contributed by atoms with van der Waals surface area (Å²) in [4.78, 5) is 2.57. The lowest BCUT2D eigenvalue weighted by Gasteiger charge is -2.37. The lowest BCUT2D eigenvalue weighted by atomic mass is 9.91. The maximum atomic E-state index is 9.15. The monoisotopic (exact) mass is 208 g/mol. The zero-order valence-electron chi connectivity index (χ0n) is 9.23. The van der Waals surface area contributed by atoms with Gasteiger partial charge in [-0.05, 0) is 51.1 Å². The molecule has 0 aromatic heterocycles. The Balaban J connectivity index is 1.79. The average molecular weight is 208 g/mol. The summed E-state index contributed by atoms with van der Waals surface area (Å²) in [5.74, 6) is 1.39. The fraction of sp³-hybridized carbons (Fsp3) is 0.917. The van der Waals surface area contributed by atoms with E-state index in [1.165, 1.54) is 51.6 Å². The van der Waals surface area contributed by atoms with Crippen LogP contribution in [0.25, 0.3) is 0 Å². The molecule has 0 aromatic rings. The average Bonchev–Trinajstić information content (AvgIpc) is 2.89. The predicted octanol–water partition coefficient (Wildman–Crippen LogP) is 2.10. The van der Waals surface area contributed by atoms with Crippen LogP contribution in [-0.4, -0.2) is 35.0 Å². The molecule has 0 amide bonds. The van der Waals surface area contributed by atoms with Crippen LogP contribution in [0.15, 0.2) is 5.16 Å². The van der Waals surface area contributed by atoms with E-state index < -0.39 is 0 Å². The molecule has 0 radical (unpaired) electrons. The van der Waals surface area contributed by atoms with Gasteiger partial charge in [0.05, 0.1) is 11.8 Å². The van der Waals surface area contributed by atoms with Crippen molar-refractivity contribution in [3.05, 3.63) is 0 Å². The van der Waals surface area contributed by atoms with Crippen LogP contribution in [0.5, 0.6) is 0 Å². The van der Waals surface area contributed by atoms with Crippen LogP contribution in [0.3, 0.4) is 0 Å². The van der Waals surface area contributed by atoms with E-state index in [9.17, 15) is 0 Å². The second kappa shape index (κ2) is 3.78. The van der Waals surface area contributed by atoms with E-state index in [-0.39, 0.29) is 0 Å². The molecule has 2 saturated carbocycles. The number of piperidine rings is 1. The first-order chi connectivity index (χ1) is 7.40. The molecule has 15 heavy (non-hydrogen) atoms. The minimum absolute atomic E-state index is 0.494. The van der Waals surface area contributed by atoms with E-state index in [1.54, 1.807) is 0 Å². The second-order valence-electron chi connectivity index (χ2n) is 5.34. The van der Waals surface area contributed by atoms with Gasteiger partial charge in [0.1, 0.15) is 0 Å². The minimum atomic E-state index is 0.494. The van der Waals surface area contributed by atoms with Gasteiger partial charge in [0, 0.05) is 5.92 Å². The van der Waals surface area contributed by atoms with E-state index in [0.717, 1.165) is 11.6 Å². The normalized spacial score (nSPS) is 44.0. The molecule has 1 saturated heterocycles. The summed E-state index contributed by atoms with van der Waals surface area (Å²) in [6, 6.07) is 0.494. The molecule has 2 aliphatic carbocycles. The first-order valence-corrected chi connectivity index (χ1v) is 6.36. The number of rotatable bonds is 1. The van der Waals surface area contributed by atoms with Crippen molar-refractivity contribution in [2.45, 2.75) is 44.6 Å². The molecular weight excluding hydrogens is 188 g/mol. The quantitative estimate of drug-likeness (QED) is 0.529. The number of hydrogen-bond acceptors (Lipinski definition) is 3. The summed E-state index contributed by atoms with van der Waals surface area (Å²) < 4.78 is 0. The Bertz CT molecular complexity index is 271. The van der Waals surface area contributed by atoms with Crippen LogP contribution in [0.1, 0.15) is 38.5 Å². The lowest BCUT2D eigenvalue weighted by Crippen LogP contribution is -2.47. The number of nitrogens with zero attached hydrogens (tertiary/aromatic N) is 2. The summed E-state index contributed by atoms with van der Waals surface area (Å²) in [5, 5.41) is 12.8. The smallest absolute Gasteiger partial charge is 0.0775 e.